The number of carbonyl (C=O) groups excluding carboxylic acids is 1. The van der Waals surface area contributed by atoms with Gasteiger partial charge in [-0.1, -0.05) is 41.4 Å². The van der Waals surface area contributed by atoms with Crippen LogP contribution in [-0.2, 0) is 11.4 Å². The van der Waals surface area contributed by atoms with Gasteiger partial charge in [-0.2, -0.15) is 5.26 Å². The summed E-state index contributed by atoms with van der Waals surface area (Å²) in [6.07, 6.45) is 1.43. The molecule has 33 heavy (non-hydrogen) atoms. The third kappa shape index (κ3) is 6.38. The average molecular weight is 597 g/mol. The van der Waals surface area contributed by atoms with E-state index >= 15 is 0 Å². The second-order valence-corrected chi connectivity index (χ2v) is 8.62. The van der Waals surface area contributed by atoms with Crippen molar-refractivity contribution in [2.24, 2.45) is 0 Å². The van der Waals surface area contributed by atoms with Gasteiger partial charge < -0.3 is 14.8 Å². The molecule has 3 aromatic rings. The number of rotatable bonds is 7. The molecule has 168 valence electrons. The first kappa shape index (κ1) is 24.8. The molecule has 0 unspecified atom stereocenters. The highest BCUT2D eigenvalue weighted by atomic mass is 127. The van der Waals surface area contributed by atoms with E-state index in [4.69, 9.17) is 32.7 Å². The molecule has 1 amide bonds. The van der Waals surface area contributed by atoms with Crippen molar-refractivity contribution in [3.63, 3.8) is 0 Å². The van der Waals surface area contributed by atoms with Crippen molar-refractivity contribution in [1.29, 1.82) is 5.26 Å². The van der Waals surface area contributed by atoms with Crippen molar-refractivity contribution in [2.75, 3.05) is 12.4 Å². The van der Waals surface area contributed by atoms with E-state index in [1.54, 1.807) is 42.5 Å². The summed E-state index contributed by atoms with van der Waals surface area (Å²) in [5.41, 5.74) is 1.52. The van der Waals surface area contributed by atoms with Crippen LogP contribution < -0.4 is 14.8 Å². The average Bonchev–Trinajstić information content (AvgIpc) is 2.80. The molecule has 0 aliphatic heterocycles. The number of nitrogens with one attached hydrogen (secondary N) is 1. The lowest BCUT2D eigenvalue weighted by Crippen LogP contribution is -2.13. The van der Waals surface area contributed by atoms with Crippen molar-refractivity contribution in [2.45, 2.75) is 6.61 Å². The van der Waals surface area contributed by atoms with E-state index in [1.807, 2.05) is 6.07 Å². The Morgan fingerprint density at radius 1 is 1.21 bits per heavy atom. The van der Waals surface area contributed by atoms with Gasteiger partial charge in [0.15, 0.2) is 11.5 Å². The van der Waals surface area contributed by atoms with Crippen LogP contribution in [0, 0.1) is 20.7 Å². The van der Waals surface area contributed by atoms with Crippen LogP contribution in [0.3, 0.4) is 0 Å². The molecule has 1 N–H and O–H groups in total. The zero-order valence-corrected chi connectivity index (χ0v) is 20.8. The van der Waals surface area contributed by atoms with Crippen LogP contribution in [0.2, 0.25) is 10.0 Å². The van der Waals surface area contributed by atoms with E-state index in [0.717, 1.165) is 5.56 Å². The van der Waals surface area contributed by atoms with Crippen LogP contribution in [0.15, 0.2) is 60.2 Å². The van der Waals surface area contributed by atoms with E-state index < -0.39 is 5.91 Å². The minimum absolute atomic E-state index is 0.135. The molecule has 0 fully saturated rings. The molecule has 0 aliphatic rings. The second-order valence-electron chi connectivity index (χ2n) is 6.67. The number of halogens is 4. The fraction of sp³-hybridized carbons (Fsp3) is 0.0833. The number of amides is 1. The van der Waals surface area contributed by atoms with Gasteiger partial charge in [-0.25, -0.2) is 4.39 Å². The highest BCUT2D eigenvalue weighted by Gasteiger charge is 2.15. The molecular formula is C24H16Cl2FIN2O3. The summed E-state index contributed by atoms with van der Waals surface area (Å²) in [4.78, 5) is 12.6. The van der Waals surface area contributed by atoms with Crippen LogP contribution >= 0.6 is 45.8 Å². The quantitative estimate of drug-likeness (QED) is 0.184. The Kier molecular flexibility index (Phi) is 8.55. The van der Waals surface area contributed by atoms with Gasteiger partial charge in [0, 0.05) is 0 Å². The number of methoxy groups -OCH3 is 1. The van der Waals surface area contributed by atoms with Crippen molar-refractivity contribution in [1.82, 2.24) is 0 Å². The molecule has 0 aliphatic carbocycles. The maximum atomic E-state index is 13.1. The van der Waals surface area contributed by atoms with E-state index in [-0.39, 0.29) is 28.0 Å². The van der Waals surface area contributed by atoms with Crippen LogP contribution in [0.5, 0.6) is 11.5 Å². The van der Waals surface area contributed by atoms with Crippen molar-refractivity contribution in [3.8, 4) is 17.6 Å². The van der Waals surface area contributed by atoms with E-state index in [0.29, 0.717) is 26.3 Å². The first-order valence-electron chi connectivity index (χ1n) is 9.44. The summed E-state index contributed by atoms with van der Waals surface area (Å²) >= 11 is 14.2. The van der Waals surface area contributed by atoms with Crippen molar-refractivity contribution < 1.29 is 18.7 Å². The van der Waals surface area contributed by atoms with Crippen LogP contribution in [-0.4, -0.2) is 13.0 Å². The lowest BCUT2D eigenvalue weighted by molar-refractivity contribution is -0.112. The molecule has 0 radical (unpaired) electrons. The fourth-order valence-electron chi connectivity index (χ4n) is 2.80. The monoisotopic (exact) mass is 596 g/mol. The predicted molar refractivity (Wildman–Crippen MR) is 135 cm³/mol. The fourth-order valence-corrected chi connectivity index (χ4v) is 3.93. The highest BCUT2D eigenvalue weighted by Crippen LogP contribution is 2.35. The Morgan fingerprint density at radius 3 is 2.61 bits per heavy atom. The molecule has 0 aromatic heterocycles. The Labute approximate surface area is 213 Å². The summed E-state index contributed by atoms with van der Waals surface area (Å²) in [7, 11) is 1.49. The summed E-state index contributed by atoms with van der Waals surface area (Å²) in [5, 5.41) is 12.6. The number of anilines is 1. The molecule has 0 saturated heterocycles. The van der Waals surface area contributed by atoms with Crippen molar-refractivity contribution >= 4 is 63.5 Å². The predicted octanol–water partition coefficient (Wildman–Crippen LogP) is 6.87. The minimum Gasteiger partial charge on any atom is -0.493 e. The summed E-state index contributed by atoms with van der Waals surface area (Å²) in [5.74, 6) is -0.0385. The summed E-state index contributed by atoms with van der Waals surface area (Å²) < 4.78 is 25.1. The third-order valence-corrected chi connectivity index (χ3v) is 6.04. The standard InChI is InChI=1S/C24H16Cl2FIN2O3/c1-32-21-11-15(10-19(28)23(21)33-13-14-5-7-17(27)8-6-14)9-16(12-29)24(31)30-20-4-2-3-18(25)22(20)26/h2-11H,13H2,1H3,(H,30,31)/b16-9-. The highest BCUT2D eigenvalue weighted by molar-refractivity contribution is 14.1. The number of hydrogen-bond acceptors (Lipinski definition) is 4. The molecule has 0 spiro atoms. The van der Waals surface area contributed by atoms with E-state index in [9.17, 15) is 14.4 Å². The maximum absolute atomic E-state index is 13.1. The van der Waals surface area contributed by atoms with Crippen LogP contribution in [0.25, 0.3) is 6.08 Å². The normalized spacial score (nSPS) is 11.0. The SMILES string of the molecule is COc1cc(/C=C(/C#N)C(=O)Nc2cccc(Cl)c2Cl)cc(I)c1OCc1ccc(F)cc1. The lowest BCUT2D eigenvalue weighted by Gasteiger charge is -2.14. The number of carbonyl (C=O) groups is 1. The maximum Gasteiger partial charge on any atom is 0.266 e. The number of nitriles is 1. The largest absolute Gasteiger partial charge is 0.493 e. The number of ether oxygens (including phenoxy) is 2. The Balaban J connectivity index is 1.83. The van der Waals surface area contributed by atoms with Gasteiger partial charge >= 0.3 is 0 Å². The van der Waals surface area contributed by atoms with E-state index in [1.165, 1.54) is 25.3 Å². The van der Waals surface area contributed by atoms with E-state index in [2.05, 4.69) is 27.9 Å². The lowest BCUT2D eigenvalue weighted by atomic mass is 10.1. The number of hydrogen-bond donors (Lipinski definition) is 1. The Bertz CT molecular complexity index is 1260. The molecule has 0 heterocycles. The first-order valence-corrected chi connectivity index (χ1v) is 11.3. The Hall–Kier alpha value is -2.80. The topological polar surface area (TPSA) is 71.3 Å². The Morgan fingerprint density at radius 2 is 1.94 bits per heavy atom. The second kappa shape index (κ2) is 11.4. The van der Waals surface area contributed by atoms with Gasteiger partial charge in [-0.05, 0) is 76.2 Å². The minimum atomic E-state index is -0.632. The van der Waals surface area contributed by atoms with Gasteiger partial charge in [0.1, 0.15) is 24.1 Å². The molecular weight excluding hydrogens is 581 g/mol. The molecule has 0 saturated carbocycles. The molecule has 9 heteroatoms. The summed E-state index contributed by atoms with van der Waals surface area (Å²) in [6, 6.07) is 16.1. The third-order valence-electron chi connectivity index (χ3n) is 4.42. The van der Waals surface area contributed by atoms with Gasteiger partial charge in [-0.15, -0.1) is 0 Å². The number of benzene rings is 3. The van der Waals surface area contributed by atoms with Gasteiger partial charge in [0.25, 0.3) is 5.91 Å². The van der Waals surface area contributed by atoms with Gasteiger partial charge in [-0.3, -0.25) is 4.79 Å². The van der Waals surface area contributed by atoms with Gasteiger partial charge in [0.05, 0.1) is 26.4 Å². The molecule has 5 nitrogen and oxygen atoms in total. The first-order chi connectivity index (χ1) is 15.8. The number of nitrogens with zero attached hydrogens (tertiary/aromatic N) is 1. The van der Waals surface area contributed by atoms with Crippen LogP contribution in [0.4, 0.5) is 10.1 Å². The molecule has 3 aromatic carbocycles. The van der Waals surface area contributed by atoms with Crippen molar-refractivity contribution in [3.05, 3.63) is 90.7 Å². The summed E-state index contributed by atoms with van der Waals surface area (Å²) in [6.45, 7) is 0.216. The smallest absolute Gasteiger partial charge is 0.266 e. The van der Waals surface area contributed by atoms with Crippen LogP contribution in [0.1, 0.15) is 11.1 Å². The molecule has 0 bridgehead atoms. The molecule has 3 rings (SSSR count). The van der Waals surface area contributed by atoms with Gasteiger partial charge in [0.2, 0.25) is 0 Å². The molecule has 0 atom stereocenters. The zero-order valence-electron chi connectivity index (χ0n) is 17.2. The zero-order chi connectivity index (χ0) is 24.0.